The van der Waals surface area contributed by atoms with Crippen LogP contribution in [0.2, 0.25) is 5.04 Å². The van der Waals surface area contributed by atoms with Crippen LogP contribution in [0.4, 0.5) is 0 Å². The Hall–Kier alpha value is -2.99. The van der Waals surface area contributed by atoms with Gasteiger partial charge < -0.3 is 13.9 Å². The van der Waals surface area contributed by atoms with E-state index >= 15 is 0 Å². The zero-order valence-electron chi connectivity index (χ0n) is 21.1. The Balaban J connectivity index is 1.94. The van der Waals surface area contributed by atoms with Crippen LogP contribution in [0, 0.1) is 0 Å². The van der Waals surface area contributed by atoms with Gasteiger partial charge in [0.15, 0.2) is 0 Å². The van der Waals surface area contributed by atoms with Gasteiger partial charge in [0, 0.05) is 6.08 Å². The van der Waals surface area contributed by atoms with Crippen molar-refractivity contribution in [3.05, 3.63) is 109 Å². The number of benzene rings is 3. The smallest absolute Gasteiger partial charge is 0.330 e. The summed E-state index contributed by atoms with van der Waals surface area (Å²) in [4.78, 5) is 12.0. The fourth-order valence-corrected chi connectivity index (χ4v) is 8.85. The normalized spacial score (nSPS) is 13.0. The lowest BCUT2D eigenvalue weighted by molar-refractivity contribution is -0.137. The molecule has 3 aromatic rings. The van der Waals surface area contributed by atoms with E-state index in [1.807, 2.05) is 42.5 Å². The lowest BCUT2D eigenvalue weighted by Crippen LogP contribution is -2.67. The Kier molecular flexibility index (Phi) is 9.61. The van der Waals surface area contributed by atoms with E-state index in [2.05, 4.69) is 69.3 Å². The van der Waals surface area contributed by atoms with Gasteiger partial charge in [-0.3, -0.25) is 0 Å². The minimum Gasteiger partial charge on any atom is -0.463 e. The van der Waals surface area contributed by atoms with Crippen molar-refractivity contribution in [3.8, 4) is 0 Å². The van der Waals surface area contributed by atoms with E-state index in [4.69, 9.17) is 13.9 Å². The number of carbonyl (C=O) groups is 1. The molecular weight excluding hydrogens is 452 g/mol. The molecule has 0 aromatic heterocycles. The maximum atomic E-state index is 12.0. The van der Waals surface area contributed by atoms with E-state index < -0.39 is 14.4 Å². The van der Waals surface area contributed by atoms with Crippen molar-refractivity contribution >= 4 is 24.7 Å². The molecule has 0 saturated carbocycles. The number of hydrogen-bond donors (Lipinski definition) is 0. The Morgan fingerprint density at radius 1 is 0.857 bits per heavy atom. The molecule has 184 valence electrons. The molecule has 0 bridgehead atoms. The van der Waals surface area contributed by atoms with Crippen LogP contribution < -0.4 is 10.4 Å². The van der Waals surface area contributed by atoms with Gasteiger partial charge in [0.25, 0.3) is 8.32 Å². The highest BCUT2D eigenvalue weighted by molar-refractivity contribution is 6.99. The third-order valence-corrected chi connectivity index (χ3v) is 10.9. The third kappa shape index (κ3) is 7.01. The molecule has 0 fully saturated rings. The van der Waals surface area contributed by atoms with E-state index in [1.165, 1.54) is 16.4 Å². The monoisotopic (exact) mass is 488 g/mol. The second-order valence-corrected chi connectivity index (χ2v) is 13.7. The molecule has 0 saturated heterocycles. The summed E-state index contributed by atoms with van der Waals surface area (Å²) in [5, 5.41) is 2.26. The molecule has 0 N–H and O–H groups in total. The van der Waals surface area contributed by atoms with Crippen LogP contribution >= 0.6 is 0 Å². The number of esters is 1. The number of carbonyl (C=O) groups excluding carboxylic acids is 1. The second kappa shape index (κ2) is 12.6. The van der Waals surface area contributed by atoms with Crippen LogP contribution in [0.15, 0.2) is 103 Å². The van der Waals surface area contributed by atoms with E-state index in [0.29, 0.717) is 19.8 Å². The van der Waals surface area contributed by atoms with Crippen LogP contribution in [-0.2, 0) is 25.3 Å². The first-order valence-corrected chi connectivity index (χ1v) is 14.0. The zero-order valence-corrected chi connectivity index (χ0v) is 22.1. The fraction of sp³-hybridized carbons (Fsp3) is 0.300. The van der Waals surface area contributed by atoms with E-state index in [1.54, 1.807) is 13.0 Å². The molecular formula is C30H36O4Si. The van der Waals surface area contributed by atoms with Gasteiger partial charge in [-0.25, -0.2) is 4.79 Å². The molecule has 0 aliphatic carbocycles. The van der Waals surface area contributed by atoms with E-state index in [9.17, 15) is 4.79 Å². The summed E-state index contributed by atoms with van der Waals surface area (Å²) in [7, 11) is -2.72. The molecule has 1 atom stereocenters. The molecule has 0 aliphatic rings. The first-order valence-electron chi connectivity index (χ1n) is 12.1. The lowest BCUT2D eigenvalue weighted by atomic mass is 10.2. The van der Waals surface area contributed by atoms with Gasteiger partial charge in [-0.2, -0.15) is 0 Å². The molecule has 0 spiro atoms. The quantitative estimate of drug-likeness (QED) is 0.210. The van der Waals surface area contributed by atoms with Crippen molar-refractivity contribution in [3.63, 3.8) is 0 Å². The van der Waals surface area contributed by atoms with Crippen molar-refractivity contribution in [2.45, 2.75) is 45.4 Å². The summed E-state index contributed by atoms with van der Waals surface area (Å²) >= 11 is 0. The van der Waals surface area contributed by atoms with Gasteiger partial charge in [-0.15, -0.1) is 0 Å². The highest BCUT2D eigenvalue weighted by atomic mass is 28.4. The van der Waals surface area contributed by atoms with Gasteiger partial charge in [0.2, 0.25) is 0 Å². The van der Waals surface area contributed by atoms with Crippen molar-refractivity contribution in [1.29, 1.82) is 0 Å². The van der Waals surface area contributed by atoms with Crippen LogP contribution in [0.3, 0.4) is 0 Å². The fourth-order valence-electron chi connectivity index (χ4n) is 4.28. The first kappa shape index (κ1) is 26.6. The SMILES string of the molecule is CCOC(=O)/C=C\[C@@H](CO[Si](c1ccccc1)(c1ccccc1)C(C)(C)C)OCc1ccccc1. The summed E-state index contributed by atoms with van der Waals surface area (Å²) in [6.07, 6.45) is 2.77. The maximum absolute atomic E-state index is 12.0. The molecule has 0 aliphatic heterocycles. The molecule has 3 aromatic carbocycles. The summed E-state index contributed by atoms with van der Waals surface area (Å²) in [6, 6.07) is 31.0. The van der Waals surface area contributed by atoms with Gasteiger partial charge in [0.1, 0.15) is 0 Å². The van der Waals surface area contributed by atoms with Crippen molar-refractivity contribution in [1.82, 2.24) is 0 Å². The molecule has 0 unspecified atom stereocenters. The maximum Gasteiger partial charge on any atom is 0.330 e. The minimum absolute atomic E-state index is 0.148. The summed E-state index contributed by atoms with van der Waals surface area (Å²) in [5.41, 5.74) is 1.06. The second-order valence-electron chi connectivity index (χ2n) is 9.42. The van der Waals surface area contributed by atoms with Crippen LogP contribution in [0.5, 0.6) is 0 Å². The van der Waals surface area contributed by atoms with Crippen molar-refractivity contribution < 1.29 is 18.7 Å². The van der Waals surface area contributed by atoms with Crippen LogP contribution in [0.1, 0.15) is 33.3 Å². The molecule has 0 radical (unpaired) electrons. The molecule has 5 heteroatoms. The predicted molar refractivity (Wildman–Crippen MR) is 144 cm³/mol. The minimum atomic E-state index is -2.72. The average molecular weight is 489 g/mol. The van der Waals surface area contributed by atoms with Gasteiger partial charge in [-0.05, 0) is 34.0 Å². The van der Waals surface area contributed by atoms with E-state index in [-0.39, 0.29) is 11.0 Å². The third-order valence-electron chi connectivity index (χ3n) is 5.92. The topological polar surface area (TPSA) is 44.8 Å². The number of hydrogen-bond acceptors (Lipinski definition) is 4. The highest BCUT2D eigenvalue weighted by Crippen LogP contribution is 2.37. The van der Waals surface area contributed by atoms with Gasteiger partial charge in [-0.1, -0.05) is 112 Å². The molecule has 35 heavy (non-hydrogen) atoms. The summed E-state index contributed by atoms with van der Waals surface area (Å²) in [6.45, 7) is 9.59. The zero-order chi connectivity index (χ0) is 25.2. The molecule has 3 rings (SSSR count). The Morgan fingerprint density at radius 2 is 1.37 bits per heavy atom. The van der Waals surface area contributed by atoms with Gasteiger partial charge in [0.05, 0.1) is 25.9 Å². The molecule has 0 heterocycles. The standard InChI is InChI=1S/C30H36O4Si/c1-5-32-29(31)22-21-26(33-23-25-15-9-6-10-16-25)24-34-35(30(2,3)4,27-17-11-7-12-18-27)28-19-13-8-14-20-28/h6-22,26H,5,23-24H2,1-4H3/b22-21-/t26-/m0/s1. The lowest BCUT2D eigenvalue weighted by Gasteiger charge is -2.43. The summed E-state index contributed by atoms with van der Waals surface area (Å²) < 4.78 is 18.3. The Morgan fingerprint density at radius 3 is 1.86 bits per heavy atom. The summed E-state index contributed by atoms with van der Waals surface area (Å²) in [5.74, 6) is -0.383. The van der Waals surface area contributed by atoms with Crippen LogP contribution in [-0.4, -0.2) is 33.6 Å². The molecule has 4 nitrogen and oxygen atoms in total. The average Bonchev–Trinajstić information content (AvgIpc) is 2.87. The highest BCUT2D eigenvalue weighted by Gasteiger charge is 2.50. The number of ether oxygens (including phenoxy) is 2. The first-order chi connectivity index (χ1) is 16.9. The largest absolute Gasteiger partial charge is 0.463 e. The van der Waals surface area contributed by atoms with Crippen molar-refractivity contribution in [2.75, 3.05) is 13.2 Å². The van der Waals surface area contributed by atoms with Gasteiger partial charge >= 0.3 is 5.97 Å². The molecule has 0 amide bonds. The number of rotatable bonds is 11. The Bertz CT molecular complexity index is 1020. The van der Waals surface area contributed by atoms with E-state index in [0.717, 1.165) is 5.56 Å². The Labute approximate surface area is 210 Å². The van der Waals surface area contributed by atoms with Crippen LogP contribution in [0.25, 0.3) is 0 Å². The predicted octanol–water partition coefficient (Wildman–Crippen LogP) is 5.27. The van der Waals surface area contributed by atoms with Crippen molar-refractivity contribution in [2.24, 2.45) is 0 Å².